The number of rotatable bonds is 5. The molecule has 0 aliphatic carbocycles. The third-order valence-electron chi connectivity index (χ3n) is 2.63. The van der Waals surface area contributed by atoms with Gasteiger partial charge in [-0.15, -0.1) is 0 Å². The molecule has 0 aromatic heterocycles. The van der Waals surface area contributed by atoms with E-state index in [0.717, 1.165) is 16.1 Å². The summed E-state index contributed by atoms with van der Waals surface area (Å²) in [5.74, 6) is -0.572. The van der Waals surface area contributed by atoms with Gasteiger partial charge in [-0.2, -0.15) is 0 Å². The summed E-state index contributed by atoms with van der Waals surface area (Å²) in [6, 6.07) is 12.8. The second-order valence-electron chi connectivity index (χ2n) is 4.21. The third-order valence-corrected chi connectivity index (χ3v) is 4.19. The van der Waals surface area contributed by atoms with Crippen molar-refractivity contribution in [2.75, 3.05) is 4.72 Å². The van der Waals surface area contributed by atoms with Crippen molar-refractivity contribution < 1.29 is 10.0 Å². The van der Waals surface area contributed by atoms with Gasteiger partial charge in [-0.25, -0.2) is 5.48 Å². The zero-order valence-corrected chi connectivity index (χ0v) is 13.5. The van der Waals surface area contributed by atoms with Crippen LogP contribution in [-0.4, -0.2) is 11.1 Å². The molecule has 0 spiro atoms. The number of carbonyl (C=O) groups excluding carboxylic acids is 1. The van der Waals surface area contributed by atoms with Gasteiger partial charge in [-0.05, 0) is 53.9 Å². The summed E-state index contributed by atoms with van der Waals surface area (Å²) in [5, 5.41) is 9.42. The molecule has 3 N–H and O–H groups in total. The highest BCUT2D eigenvalue weighted by Gasteiger charge is 2.01. The van der Waals surface area contributed by atoms with Crippen LogP contribution in [0.3, 0.4) is 0 Å². The third kappa shape index (κ3) is 4.96. The van der Waals surface area contributed by atoms with Gasteiger partial charge < -0.3 is 4.72 Å². The Labute approximate surface area is 142 Å². The first-order valence-corrected chi connectivity index (χ1v) is 7.76. The topological polar surface area (TPSA) is 61.4 Å². The van der Waals surface area contributed by atoms with Crippen LogP contribution in [0.25, 0.3) is 6.08 Å². The molecule has 2 aromatic rings. The first-order valence-electron chi connectivity index (χ1n) is 6.18. The fraction of sp³-hybridized carbons (Fsp3) is 0. The van der Waals surface area contributed by atoms with Crippen molar-refractivity contribution in [1.82, 2.24) is 5.48 Å². The minimum absolute atomic E-state index is 0.510. The van der Waals surface area contributed by atoms with E-state index in [4.69, 9.17) is 28.4 Å². The van der Waals surface area contributed by atoms with E-state index < -0.39 is 5.91 Å². The molecule has 0 aliphatic heterocycles. The molecule has 7 heteroatoms. The molecule has 0 saturated heterocycles. The highest BCUT2D eigenvalue weighted by Crippen LogP contribution is 2.28. The highest BCUT2D eigenvalue weighted by molar-refractivity contribution is 8.00. The summed E-state index contributed by atoms with van der Waals surface area (Å²) in [6.45, 7) is 0. The maximum absolute atomic E-state index is 10.9. The Hall–Kier alpha value is -1.66. The number of benzene rings is 2. The van der Waals surface area contributed by atoms with Crippen molar-refractivity contribution >= 4 is 52.8 Å². The first kappa shape index (κ1) is 16.7. The molecule has 114 valence electrons. The fourth-order valence-corrected chi connectivity index (χ4v) is 2.58. The second kappa shape index (κ2) is 8.10. The second-order valence-corrected chi connectivity index (χ2v) is 5.91. The number of hydroxylamine groups is 1. The number of hydrogen-bond donors (Lipinski definition) is 3. The molecule has 2 rings (SSSR count). The predicted molar refractivity (Wildman–Crippen MR) is 91.3 cm³/mol. The van der Waals surface area contributed by atoms with Crippen LogP contribution in [0.1, 0.15) is 5.56 Å². The lowest BCUT2D eigenvalue weighted by Crippen LogP contribution is -2.14. The molecule has 0 heterocycles. The summed E-state index contributed by atoms with van der Waals surface area (Å²) >= 11 is 13.2. The van der Waals surface area contributed by atoms with Gasteiger partial charge in [0.2, 0.25) is 0 Å². The molecule has 0 bridgehead atoms. The Balaban J connectivity index is 1.95. The molecule has 0 radical (unpaired) electrons. The van der Waals surface area contributed by atoms with Crippen molar-refractivity contribution in [3.8, 4) is 0 Å². The molecule has 1 amide bonds. The standard InChI is InChI=1S/C15H12Cl2N2O2S/c16-13-7-6-12(9-14(13)17)22-19-11-4-1-10(2-5-11)3-8-15(20)18-21/h1-9,19,21H,(H,18,20)/b8-3+. The Morgan fingerprint density at radius 1 is 1.09 bits per heavy atom. The molecule has 4 nitrogen and oxygen atoms in total. The number of nitrogens with one attached hydrogen (secondary N) is 2. The van der Waals surface area contributed by atoms with Crippen LogP contribution >= 0.6 is 35.1 Å². The van der Waals surface area contributed by atoms with Crippen molar-refractivity contribution in [2.24, 2.45) is 0 Å². The summed E-state index contributed by atoms with van der Waals surface area (Å²) in [7, 11) is 0. The van der Waals surface area contributed by atoms with E-state index >= 15 is 0 Å². The Morgan fingerprint density at radius 3 is 2.45 bits per heavy atom. The van der Waals surface area contributed by atoms with Crippen LogP contribution in [0.15, 0.2) is 53.4 Å². The Morgan fingerprint density at radius 2 is 1.82 bits per heavy atom. The smallest absolute Gasteiger partial charge is 0.267 e. The molecule has 0 aliphatic rings. The van der Waals surface area contributed by atoms with Crippen molar-refractivity contribution in [2.45, 2.75) is 4.90 Å². The SMILES string of the molecule is O=C(/C=C/c1ccc(NSc2ccc(Cl)c(Cl)c2)cc1)NO. The monoisotopic (exact) mass is 354 g/mol. The zero-order valence-electron chi connectivity index (χ0n) is 11.2. The van der Waals surface area contributed by atoms with E-state index in [2.05, 4.69) is 4.72 Å². The van der Waals surface area contributed by atoms with Gasteiger partial charge >= 0.3 is 0 Å². The fourth-order valence-electron chi connectivity index (χ4n) is 1.53. The van der Waals surface area contributed by atoms with Crippen LogP contribution in [0, 0.1) is 0 Å². The molecule has 0 atom stereocenters. The number of hydrogen-bond acceptors (Lipinski definition) is 4. The van der Waals surface area contributed by atoms with Crippen LogP contribution in [0.5, 0.6) is 0 Å². The van der Waals surface area contributed by atoms with Gasteiger partial charge in [0, 0.05) is 16.7 Å². The lowest BCUT2D eigenvalue weighted by molar-refractivity contribution is -0.124. The quantitative estimate of drug-likeness (QED) is 0.317. The maximum atomic E-state index is 10.9. The van der Waals surface area contributed by atoms with E-state index in [-0.39, 0.29) is 0 Å². The average Bonchev–Trinajstić information content (AvgIpc) is 2.54. The van der Waals surface area contributed by atoms with Gasteiger partial charge in [0.25, 0.3) is 5.91 Å². The van der Waals surface area contributed by atoms with Gasteiger partial charge in [-0.1, -0.05) is 35.3 Å². The van der Waals surface area contributed by atoms with E-state index in [1.165, 1.54) is 23.5 Å². The van der Waals surface area contributed by atoms with Gasteiger partial charge in [0.1, 0.15) is 0 Å². The molecule has 2 aromatic carbocycles. The Bertz CT molecular complexity index is 690. The van der Waals surface area contributed by atoms with Crippen LogP contribution in [0.4, 0.5) is 5.69 Å². The number of amides is 1. The van der Waals surface area contributed by atoms with E-state index in [0.29, 0.717) is 10.0 Å². The van der Waals surface area contributed by atoms with Gasteiger partial charge in [0.15, 0.2) is 0 Å². The highest BCUT2D eigenvalue weighted by atomic mass is 35.5. The normalized spacial score (nSPS) is 10.7. The van der Waals surface area contributed by atoms with Gasteiger partial charge in [0.05, 0.1) is 10.0 Å². The molecular formula is C15H12Cl2N2O2S. The maximum Gasteiger partial charge on any atom is 0.267 e. The predicted octanol–water partition coefficient (Wildman–Crippen LogP) is 4.63. The zero-order chi connectivity index (χ0) is 15.9. The van der Waals surface area contributed by atoms with Crippen LogP contribution in [0.2, 0.25) is 10.0 Å². The number of anilines is 1. The van der Waals surface area contributed by atoms with E-state index in [9.17, 15) is 4.79 Å². The summed E-state index contributed by atoms with van der Waals surface area (Å²) < 4.78 is 3.18. The first-order chi connectivity index (χ1) is 10.6. The summed E-state index contributed by atoms with van der Waals surface area (Å²) in [5.41, 5.74) is 3.28. The summed E-state index contributed by atoms with van der Waals surface area (Å²) in [4.78, 5) is 11.8. The van der Waals surface area contributed by atoms with Gasteiger partial charge in [-0.3, -0.25) is 10.0 Å². The number of halogens is 2. The molecule has 0 saturated carbocycles. The number of carbonyl (C=O) groups is 1. The largest absolute Gasteiger partial charge is 0.326 e. The van der Waals surface area contributed by atoms with E-state index in [1.807, 2.05) is 30.3 Å². The molecular weight excluding hydrogens is 343 g/mol. The lowest BCUT2D eigenvalue weighted by atomic mass is 10.2. The molecule has 0 fully saturated rings. The lowest BCUT2D eigenvalue weighted by Gasteiger charge is -2.06. The molecule has 0 unspecified atom stereocenters. The summed E-state index contributed by atoms with van der Waals surface area (Å²) in [6.07, 6.45) is 2.84. The van der Waals surface area contributed by atoms with Crippen molar-refractivity contribution in [1.29, 1.82) is 0 Å². The average molecular weight is 355 g/mol. The van der Waals surface area contributed by atoms with Crippen molar-refractivity contribution in [3.63, 3.8) is 0 Å². The molecule has 22 heavy (non-hydrogen) atoms. The Kier molecular flexibility index (Phi) is 6.15. The van der Waals surface area contributed by atoms with Crippen LogP contribution in [-0.2, 0) is 4.79 Å². The van der Waals surface area contributed by atoms with Crippen LogP contribution < -0.4 is 10.2 Å². The van der Waals surface area contributed by atoms with E-state index in [1.54, 1.807) is 18.2 Å². The van der Waals surface area contributed by atoms with Crippen molar-refractivity contribution in [3.05, 3.63) is 64.1 Å². The minimum atomic E-state index is -0.572. The minimum Gasteiger partial charge on any atom is -0.326 e.